The zero-order valence-corrected chi connectivity index (χ0v) is 14.8. The molecule has 1 amide bonds. The summed E-state index contributed by atoms with van der Waals surface area (Å²) in [6.07, 6.45) is 1.30. The van der Waals surface area contributed by atoms with Gasteiger partial charge in [-0.1, -0.05) is 23.2 Å². The number of pyridine rings is 1. The molecule has 0 bridgehead atoms. The average molecular weight is 385 g/mol. The first kappa shape index (κ1) is 18.6. The Bertz CT molecular complexity index is 693. The van der Waals surface area contributed by atoms with Crippen molar-refractivity contribution < 1.29 is 14.3 Å². The minimum atomic E-state index is -0.621. The first-order valence-corrected chi connectivity index (χ1v) is 8.72. The van der Waals surface area contributed by atoms with Crippen LogP contribution in [0.2, 0.25) is 10.2 Å². The number of nitrogens with one attached hydrogen (secondary N) is 1. The summed E-state index contributed by atoms with van der Waals surface area (Å²) in [5.41, 5.74) is 0.241. The Morgan fingerprint density at radius 1 is 1.12 bits per heavy atom. The molecule has 0 saturated heterocycles. The van der Waals surface area contributed by atoms with E-state index in [9.17, 15) is 9.59 Å². The molecule has 2 aromatic rings. The quantitative estimate of drug-likeness (QED) is 0.342. The van der Waals surface area contributed by atoms with Crippen molar-refractivity contribution in [2.45, 2.75) is 4.90 Å². The van der Waals surface area contributed by atoms with Gasteiger partial charge < -0.3 is 10.1 Å². The number of carbonyl (C=O) groups is 2. The highest BCUT2D eigenvalue weighted by Gasteiger charge is 2.10. The lowest BCUT2D eigenvalue weighted by Crippen LogP contribution is -2.30. The third-order valence-electron chi connectivity index (χ3n) is 2.80. The molecule has 1 aromatic heterocycles. The summed E-state index contributed by atoms with van der Waals surface area (Å²) in [6, 6.07) is 10.4. The van der Waals surface area contributed by atoms with Crippen molar-refractivity contribution in [1.82, 2.24) is 10.3 Å². The third kappa shape index (κ3) is 6.39. The van der Waals surface area contributed by atoms with Gasteiger partial charge in [0.15, 0.2) is 6.61 Å². The van der Waals surface area contributed by atoms with Crippen molar-refractivity contribution in [2.75, 3.05) is 18.9 Å². The van der Waals surface area contributed by atoms with Gasteiger partial charge in [-0.15, -0.1) is 11.8 Å². The second-order valence-corrected chi connectivity index (χ2v) is 6.59. The van der Waals surface area contributed by atoms with Crippen LogP contribution in [0, 0.1) is 0 Å². The van der Waals surface area contributed by atoms with E-state index in [0.29, 0.717) is 17.3 Å². The van der Waals surface area contributed by atoms with E-state index in [0.717, 1.165) is 4.90 Å². The summed E-state index contributed by atoms with van der Waals surface area (Å²) >= 11 is 13.0. The lowest BCUT2D eigenvalue weighted by molar-refractivity contribution is -0.124. The molecule has 0 radical (unpaired) electrons. The van der Waals surface area contributed by atoms with Gasteiger partial charge in [0.05, 0.1) is 5.56 Å². The molecule has 8 heteroatoms. The van der Waals surface area contributed by atoms with Gasteiger partial charge in [-0.2, -0.15) is 0 Å². The van der Waals surface area contributed by atoms with Crippen LogP contribution in [0.25, 0.3) is 0 Å². The number of hydrogen-bond acceptors (Lipinski definition) is 5. The highest BCUT2D eigenvalue weighted by Crippen LogP contribution is 2.19. The molecule has 1 aromatic carbocycles. The SMILES string of the molecule is O=C(COC(=O)c1ccc(Cl)nc1)NCCSc1ccc(Cl)cc1. The van der Waals surface area contributed by atoms with E-state index in [2.05, 4.69) is 10.3 Å². The number of hydrogen-bond donors (Lipinski definition) is 1. The molecule has 2 rings (SSSR count). The molecule has 0 saturated carbocycles. The van der Waals surface area contributed by atoms with Crippen LogP contribution in [-0.2, 0) is 9.53 Å². The van der Waals surface area contributed by atoms with E-state index in [4.69, 9.17) is 27.9 Å². The standard InChI is InChI=1S/C16H14Cl2N2O3S/c17-12-2-4-13(5-3-12)24-8-7-19-15(21)10-23-16(22)11-1-6-14(18)20-9-11/h1-6,9H,7-8,10H2,(H,19,21). The molecule has 1 N–H and O–H groups in total. The van der Waals surface area contributed by atoms with E-state index in [-0.39, 0.29) is 23.2 Å². The fraction of sp³-hybridized carbons (Fsp3) is 0.188. The first-order valence-electron chi connectivity index (χ1n) is 6.98. The van der Waals surface area contributed by atoms with Crippen molar-refractivity contribution in [2.24, 2.45) is 0 Å². The second kappa shape index (κ2) is 9.52. The Labute approximate surface area is 153 Å². The second-order valence-electron chi connectivity index (χ2n) is 4.60. The normalized spacial score (nSPS) is 10.2. The summed E-state index contributed by atoms with van der Waals surface area (Å²) in [4.78, 5) is 28.2. The number of ether oxygens (including phenoxy) is 1. The molecule has 0 aliphatic carbocycles. The molecular weight excluding hydrogens is 371 g/mol. The van der Waals surface area contributed by atoms with Crippen LogP contribution in [0.1, 0.15) is 10.4 Å². The van der Waals surface area contributed by atoms with Crippen LogP contribution in [0.5, 0.6) is 0 Å². The van der Waals surface area contributed by atoms with Gasteiger partial charge in [0.2, 0.25) is 0 Å². The van der Waals surface area contributed by atoms with Gasteiger partial charge in [-0.05, 0) is 36.4 Å². The monoisotopic (exact) mass is 384 g/mol. The minimum absolute atomic E-state index is 0.241. The van der Waals surface area contributed by atoms with Crippen molar-refractivity contribution >= 4 is 46.8 Å². The number of nitrogens with zero attached hydrogens (tertiary/aromatic N) is 1. The lowest BCUT2D eigenvalue weighted by Gasteiger charge is -2.06. The van der Waals surface area contributed by atoms with Crippen molar-refractivity contribution in [3.63, 3.8) is 0 Å². The molecule has 0 fully saturated rings. The fourth-order valence-electron chi connectivity index (χ4n) is 1.65. The van der Waals surface area contributed by atoms with Gasteiger partial charge in [-0.25, -0.2) is 9.78 Å². The molecule has 0 spiro atoms. The predicted octanol–water partition coefficient (Wildman–Crippen LogP) is 3.45. The highest BCUT2D eigenvalue weighted by molar-refractivity contribution is 7.99. The maximum atomic E-state index is 11.7. The summed E-state index contributed by atoms with van der Waals surface area (Å²) in [5, 5.41) is 3.65. The number of benzene rings is 1. The van der Waals surface area contributed by atoms with Crippen LogP contribution in [0.4, 0.5) is 0 Å². The number of halogens is 2. The molecule has 5 nitrogen and oxygen atoms in total. The number of amides is 1. The summed E-state index contributed by atoms with van der Waals surface area (Å²) in [5.74, 6) is -0.283. The molecule has 1 heterocycles. The van der Waals surface area contributed by atoms with Crippen LogP contribution < -0.4 is 5.32 Å². The number of esters is 1. The van der Waals surface area contributed by atoms with Crippen LogP contribution in [0.15, 0.2) is 47.5 Å². The van der Waals surface area contributed by atoms with E-state index < -0.39 is 5.97 Å². The Balaban J connectivity index is 1.63. The largest absolute Gasteiger partial charge is 0.452 e. The Morgan fingerprint density at radius 3 is 2.54 bits per heavy atom. The first-order chi connectivity index (χ1) is 11.5. The maximum absolute atomic E-state index is 11.7. The van der Waals surface area contributed by atoms with Crippen LogP contribution in [-0.4, -0.2) is 35.8 Å². The zero-order chi connectivity index (χ0) is 17.4. The number of carbonyl (C=O) groups excluding carboxylic acids is 2. The summed E-state index contributed by atoms with van der Waals surface area (Å²) < 4.78 is 4.90. The molecule has 126 valence electrons. The predicted molar refractivity (Wildman–Crippen MR) is 94.7 cm³/mol. The van der Waals surface area contributed by atoms with E-state index in [1.165, 1.54) is 18.3 Å². The summed E-state index contributed by atoms with van der Waals surface area (Å²) in [6.45, 7) is 0.124. The smallest absolute Gasteiger partial charge is 0.340 e. The van der Waals surface area contributed by atoms with E-state index in [1.807, 2.05) is 24.3 Å². The average Bonchev–Trinajstić information content (AvgIpc) is 2.59. The lowest BCUT2D eigenvalue weighted by atomic mass is 10.3. The molecule has 0 unspecified atom stereocenters. The molecule has 0 aliphatic heterocycles. The van der Waals surface area contributed by atoms with Gasteiger partial charge >= 0.3 is 5.97 Å². The molecule has 24 heavy (non-hydrogen) atoms. The number of rotatable bonds is 7. The molecule has 0 aliphatic rings. The Hall–Kier alpha value is -1.76. The number of thioether (sulfide) groups is 1. The topological polar surface area (TPSA) is 68.3 Å². The Morgan fingerprint density at radius 2 is 1.88 bits per heavy atom. The molecule has 0 atom stereocenters. The van der Waals surface area contributed by atoms with E-state index in [1.54, 1.807) is 11.8 Å². The van der Waals surface area contributed by atoms with E-state index >= 15 is 0 Å². The summed E-state index contributed by atoms with van der Waals surface area (Å²) in [7, 11) is 0. The van der Waals surface area contributed by atoms with Crippen molar-refractivity contribution in [3.05, 3.63) is 58.3 Å². The highest BCUT2D eigenvalue weighted by atomic mass is 35.5. The van der Waals surface area contributed by atoms with Crippen molar-refractivity contribution in [1.29, 1.82) is 0 Å². The minimum Gasteiger partial charge on any atom is -0.452 e. The van der Waals surface area contributed by atoms with Gasteiger partial charge in [0.25, 0.3) is 5.91 Å². The fourth-order valence-corrected chi connectivity index (χ4v) is 2.66. The number of aromatic nitrogens is 1. The third-order valence-corrected chi connectivity index (χ3v) is 4.29. The van der Waals surface area contributed by atoms with Gasteiger partial charge in [-0.3, -0.25) is 4.79 Å². The van der Waals surface area contributed by atoms with Crippen LogP contribution >= 0.6 is 35.0 Å². The van der Waals surface area contributed by atoms with Gasteiger partial charge in [0.1, 0.15) is 5.15 Å². The Kier molecular flexibility index (Phi) is 7.36. The van der Waals surface area contributed by atoms with Crippen LogP contribution in [0.3, 0.4) is 0 Å². The maximum Gasteiger partial charge on any atom is 0.340 e. The zero-order valence-electron chi connectivity index (χ0n) is 12.5. The molecular formula is C16H14Cl2N2O3S. The van der Waals surface area contributed by atoms with Crippen molar-refractivity contribution in [3.8, 4) is 0 Å². The van der Waals surface area contributed by atoms with Gasteiger partial charge in [0, 0.05) is 28.4 Å².